The van der Waals surface area contributed by atoms with Crippen molar-refractivity contribution in [1.82, 2.24) is 0 Å². The van der Waals surface area contributed by atoms with E-state index >= 15 is 0 Å². The Labute approximate surface area is 242 Å². The second-order valence-corrected chi connectivity index (χ2v) is 11.3. The fourth-order valence-corrected chi connectivity index (χ4v) is 4.86. The normalized spacial score (nSPS) is 12.5. The van der Waals surface area contributed by atoms with E-state index < -0.39 is 5.97 Å². The molecule has 4 heteroatoms. The average Bonchev–Trinajstić information content (AvgIpc) is 2.91. The summed E-state index contributed by atoms with van der Waals surface area (Å²) in [5.74, 6) is -0.801. The van der Waals surface area contributed by atoms with Gasteiger partial charge in [0.15, 0.2) is 0 Å². The van der Waals surface area contributed by atoms with Crippen LogP contribution in [-0.4, -0.2) is 23.1 Å². The molecule has 0 radical (unpaired) electrons. The van der Waals surface area contributed by atoms with Crippen LogP contribution in [0.5, 0.6) is 0 Å². The van der Waals surface area contributed by atoms with Crippen LogP contribution >= 0.6 is 0 Å². The van der Waals surface area contributed by atoms with Crippen molar-refractivity contribution in [2.75, 3.05) is 0 Å². The number of carbonyl (C=O) groups excluding carboxylic acids is 1. The van der Waals surface area contributed by atoms with E-state index in [0.29, 0.717) is 6.42 Å². The minimum Gasteiger partial charge on any atom is -0.481 e. The first-order valence-corrected chi connectivity index (χ1v) is 16.8. The van der Waals surface area contributed by atoms with Gasteiger partial charge in [0.25, 0.3) is 0 Å². The third-order valence-corrected chi connectivity index (χ3v) is 7.36. The summed E-state index contributed by atoms with van der Waals surface area (Å²) in [6.07, 6.45) is 38.1. The van der Waals surface area contributed by atoms with Crippen LogP contribution in [0.4, 0.5) is 0 Å². The van der Waals surface area contributed by atoms with Crippen LogP contribution in [-0.2, 0) is 14.3 Å². The van der Waals surface area contributed by atoms with Crippen LogP contribution in [0.25, 0.3) is 0 Å². The first-order chi connectivity index (χ1) is 19.1. The maximum Gasteiger partial charge on any atom is 0.306 e. The molecule has 1 atom stereocenters. The molecule has 4 nitrogen and oxygen atoms in total. The van der Waals surface area contributed by atoms with Gasteiger partial charge in [-0.1, -0.05) is 128 Å². The van der Waals surface area contributed by atoms with Crippen LogP contribution in [0.2, 0.25) is 0 Å². The monoisotopic (exact) mass is 548 g/mol. The Hall–Kier alpha value is -1.58. The van der Waals surface area contributed by atoms with E-state index in [-0.39, 0.29) is 18.5 Å². The number of esters is 1. The molecule has 1 unspecified atom stereocenters. The van der Waals surface area contributed by atoms with Gasteiger partial charge in [-0.05, 0) is 63.9 Å². The molecule has 0 aromatic carbocycles. The molecule has 1 N–H and O–H groups in total. The Bertz CT molecular complexity index is 595. The Morgan fingerprint density at radius 3 is 1.59 bits per heavy atom. The van der Waals surface area contributed by atoms with Gasteiger partial charge in [0.1, 0.15) is 6.10 Å². The van der Waals surface area contributed by atoms with Crippen LogP contribution in [0.3, 0.4) is 0 Å². The lowest BCUT2D eigenvalue weighted by Gasteiger charge is -2.14. The van der Waals surface area contributed by atoms with Gasteiger partial charge in [-0.15, -0.1) is 0 Å². The fraction of sp³-hybridized carbons (Fsp3) is 0.829. The maximum absolute atomic E-state index is 12.4. The topological polar surface area (TPSA) is 63.6 Å². The molecule has 0 spiro atoms. The Morgan fingerprint density at radius 2 is 1.05 bits per heavy atom. The van der Waals surface area contributed by atoms with E-state index in [0.717, 1.165) is 57.8 Å². The molecule has 0 saturated carbocycles. The van der Waals surface area contributed by atoms with Crippen molar-refractivity contribution in [3.05, 3.63) is 24.3 Å². The molecule has 228 valence electrons. The van der Waals surface area contributed by atoms with Crippen molar-refractivity contribution >= 4 is 11.9 Å². The van der Waals surface area contributed by atoms with E-state index in [1.54, 1.807) is 0 Å². The molecule has 39 heavy (non-hydrogen) atoms. The highest BCUT2D eigenvalue weighted by Gasteiger charge is 2.11. The van der Waals surface area contributed by atoms with Crippen molar-refractivity contribution in [1.29, 1.82) is 0 Å². The van der Waals surface area contributed by atoms with E-state index in [4.69, 9.17) is 9.84 Å². The molecule has 0 bridgehead atoms. The van der Waals surface area contributed by atoms with E-state index in [9.17, 15) is 9.59 Å². The third kappa shape index (κ3) is 30.8. The number of rotatable bonds is 30. The Morgan fingerprint density at radius 1 is 0.564 bits per heavy atom. The highest BCUT2D eigenvalue weighted by Crippen LogP contribution is 2.15. The predicted octanol–water partition coefficient (Wildman–Crippen LogP) is 11.3. The summed E-state index contributed by atoms with van der Waals surface area (Å²) in [6.45, 7) is 4.42. The first kappa shape index (κ1) is 37.4. The van der Waals surface area contributed by atoms with Crippen LogP contribution in [0.1, 0.15) is 181 Å². The smallest absolute Gasteiger partial charge is 0.306 e. The second-order valence-electron chi connectivity index (χ2n) is 11.3. The lowest BCUT2D eigenvalue weighted by Crippen LogP contribution is -2.16. The molecule has 0 aliphatic carbocycles. The minimum atomic E-state index is -0.725. The summed E-state index contributed by atoms with van der Waals surface area (Å²) < 4.78 is 5.75. The van der Waals surface area contributed by atoms with Crippen molar-refractivity contribution in [2.45, 2.75) is 187 Å². The molecular weight excluding hydrogens is 484 g/mol. The summed E-state index contributed by atoms with van der Waals surface area (Å²) in [6, 6.07) is 0. The molecule has 0 saturated heterocycles. The van der Waals surface area contributed by atoms with Crippen molar-refractivity contribution in [2.24, 2.45) is 0 Å². The molecule has 0 amide bonds. The molecule has 0 fully saturated rings. The van der Waals surface area contributed by atoms with Gasteiger partial charge >= 0.3 is 11.9 Å². The maximum atomic E-state index is 12.4. The number of hydrogen-bond acceptors (Lipinski definition) is 3. The summed E-state index contributed by atoms with van der Waals surface area (Å²) in [4.78, 5) is 23.0. The van der Waals surface area contributed by atoms with E-state index in [1.807, 2.05) is 6.08 Å². The van der Waals surface area contributed by atoms with Crippen molar-refractivity contribution < 1.29 is 19.4 Å². The molecule has 0 aromatic heterocycles. The number of hydrogen-bond donors (Lipinski definition) is 1. The van der Waals surface area contributed by atoms with Gasteiger partial charge in [-0.2, -0.15) is 0 Å². The number of carbonyl (C=O) groups is 2. The molecule has 0 aromatic rings. The van der Waals surface area contributed by atoms with Crippen LogP contribution in [0, 0.1) is 0 Å². The molecular formula is C35H64O4. The largest absolute Gasteiger partial charge is 0.481 e. The van der Waals surface area contributed by atoms with Crippen LogP contribution < -0.4 is 0 Å². The zero-order valence-electron chi connectivity index (χ0n) is 25.9. The number of carboxylic acids is 1. The van der Waals surface area contributed by atoms with E-state index in [1.165, 1.54) is 96.3 Å². The fourth-order valence-electron chi connectivity index (χ4n) is 4.86. The summed E-state index contributed by atoms with van der Waals surface area (Å²) in [5, 5.41) is 8.73. The van der Waals surface area contributed by atoms with Crippen LogP contribution in [0.15, 0.2) is 24.3 Å². The predicted molar refractivity (Wildman–Crippen MR) is 167 cm³/mol. The average molecular weight is 549 g/mol. The highest BCUT2D eigenvalue weighted by atomic mass is 16.5. The lowest BCUT2D eigenvalue weighted by molar-refractivity contribution is -0.147. The second kappa shape index (κ2) is 31.0. The van der Waals surface area contributed by atoms with Gasteiger partial charge < -0.3 is 9.84 Å². The molecule has 0 aliphatic rings. The summed E-state index contributed by atoms with van der Waals surface area (Å²) >= 11 is 0. The Kier molecular flexibility index (Phi) is 29.7. The van der Waals surface area contributed by atoms with Gasteiger partial charge in [0, 0.05) is 12.8 Å². The summed E-state index contributed by atoms with van der Waals surface area (Å²) in [5.41, 5.74) is 0. The number of ether oxygens (including phenoxy) is 1. The molecule has 0 heterocycles. The minimum absolute atomic E-state index is 0.0759. The third-order valence-electron chi connectivity index (χ3n) is 7.36. The Balaban J connectivity index is 3.66. The lowest BCUT2D eigenvalue weighted by atomic mass is 10.1. The van der Waals surface area contributed by atoms with Crippen molar-refractivity contribution in [3.63, 3.8) is 0 Å². The van der Waals surface area contributed by atoms with Gasteiger partial charge in [0.2, 0.25) is 0 Å². The summed E-state index contributed by atoms with van der Waals surface area (Å²) in [7, 11) is 0. The van der Waals surface area contributed by atoms with Gasteiger partial charge in [-0.3, -0.25) is 9.59 Å². The number of allylic oxidation sites excluding steroid dienone is 3. The zero-order valence-corrected chi connectivity index (χ0v) is 25.9. The number of aliphatic carboxylic acids is 1. The van der Waals surface area contributed by atoms with Crippen molar-refractivity contribution in [3.8, 4) is 0 Å². The number of carboxylic acid groups (broad SMARTS) is 1. The SMILES string of the molecule is CCC/C=C\C(CCCCCCC(=O)O)OC(=O)CCCCCCCCCCC/C=C\CCCCCCCC. The van der Waals surface area contributed by atoms with Gasteiger partial charge in [0.05, 0.1) is 0 Å². The first-order valence-electron chi connectivity index (χ1n) is 16.8. The standard InChI is InChI=1S/C35H64O4/c1-3-5-7-8-9-10-11-12-13-14-15-16-17-18-19-20-21-22-28-32-35(38)39-33(29-25-6-4-2)30-26-23-24-27-31-34(36)37/h12-13,25,29,33H,3-11,14-24,26-28,30-32H2,1-2H3,(H,36,37)/b13-12-,29-25-. The van der Waals surface area contributed by atoms with E-state index in [2.05, 4.69) is 32.1 Å². The molecule has 0 rings (SSSR count). The molecule has 0 aliphatic heterocycles. The number of unbranched alkanes of at least 4 members (excludes halogenated alkanes) is 19. The highest BCUT2D eigenvalue weighted by molar-refractivity contribution is 5.69. The van der Waals surface area contributed by atoms with Gasteiger partial charge in [-0.25, -0.2) is 0 Å². The quantitative estimate of drug-likeness (QED) is 0.0550. The zero-order chi connectivity index (χ0) is 28.7.